The molecular formula is C26H22ClFN4S. The van der Waals surface area contributed by atoms with E-state index in [1.54, 1.807) is 18.3 Å². The summed E-state index contributed by atoms with van der Waals surface area (Å²) in [5, 5.41) is 4.79. The number of benzene rings is 2. The second kappa shape index (κ2) is 8.61. The van der Waals surface area contributed by atoms with E-state index in [1.807, 2.05) is 42.5 Å². The van der Waals surface area contributed by atoms with Gasteiger partial charge < -0.3 is 14.8 Å². The van der Waals surface area contributed by atoms with E-state index in [1.165, 1.54) is 12.1 Å². The molecule has 0 saturated carbocycles. The summed E-state index contributed by atoms with van der Waals surface area (Å²) in [6, 6.07) is 22.0. The van der Waals surface area contributed by atoms with Crippen LogP contribution in [0.25, 0.3) is 5.69 Å². The van der Waals surface area contributed by atoms with Crippen LogP contribution in [0.3, 0.4) is 0 Å². The lowest BCUT2D eigenvalue weighted by atomic mass is 9.96. The third-order valence-corrected chi connectivity index (χ3v) is 6.64. The van der Waals surface area contributed by atoms with Crippen LogP contribution in [-0.4, -0.2) is 14.7 Å². The van der Waals surface area contributed by atoms with Gasteiger partial charge in [0.1, 0.15) is 5.82 Å². The Bertz CT molecular complexity index is 1300. The normalized spacial score (nSPS) is 17.9. The van der Waals surface area contributed by atoms with Crippen LogP contribution >= 0.6 is 23.8 Å². The van der Waals surface area contributed by atoms with Crippen LogP contribution in [-0.2, 0) is 0 Å². The van der Waals surface area contributed by atoms with Crippen molar-refractivity contribution in [3.63, 3.8) is 0 Å². The maximum atomic E-state index is 13.5. The van der Waals surface area contributed by atoms with Crippen LogP contribution in [0.1, 0.15) is 34.7 Å². The van der Waals surface area contributed by atoms with Gasteiger partial charge in [-0.15, -0.1) is 0 Å². The topological polar surface area (TPSA) is 33.1 Å². The summed E-state index contributed by atoms with van der Waals surface area (Å²) in [6.07, 6.45) is 1.80. The molecule has 2 aromatic carbocycles. The molecule has 2 atom stereocenters. The van der Waals surface area contributed by atoms with E-state index in [9.17, 15) is 4.39 Å². The Morgan fingerprint density at radius 1 is 0.970 bits per heavy atom. The van der Waals surface area contributed by atoms with E-state index in [0.717, 1.165) is 34.0 Å². The van der Waals surface area contributed by atoms with E-state index >= 15 is 0 Å². The number of hydrogen-bond acceptors (Lipinski definition) is 2. The molecule has 4 aromatic rings. The van der Waals surface area contributed by atoms with Crippen LogP contribution in [0, 0.1) is 19.7 Å². The molecule has 1 fully saturated rings. The first-order valence-electron chi connectivity index (χ1n) is 10.6. The van der Waals surface area contributed by atoms with Crippen LogP contribution in [0.15, 0.2) is 79.0 Å². The van der Waals surface area contributed by atoms with Gasteiger partial charge in [-0.3, -0.25) is 4.98 Å². The van der Waals surface area contributed by atoms with Gasteiger partial charge in [-0.05, 0) is 98.4 Å². The van der Waals surface area contributed by atoms with E-state index in [-0.39, 0.29) is 17.9 Å². The molecule has 0 unspecified atom stereocenters. The second-order valence-electron chi connectivity index (χ2n) is 8.11. The number of nitrogens with one attached hydrogen (secondary N) is 1. The zero-order chi connectivity index (χ0) is 23.1. The molecule has 7 heteroatoms. The standard InChI is InChI=1S/C26H22ClFN4S/c1-16-15-22(17(2)31(16)20-12-8-19(28)9-13-20)25-24(23-5-3-4-14-29-23)30-26(33)32(25)21-10-6-18(27)7-11-21/h3-15,24-25H,1-2H3,(H,30,33)/t24-,25-/m0/s1. The summed E-state index contributed by atoms with van der Waals surface area (Å²) in [4.78, 5) is 6.75. The quantitative estimate of drug-likeness (QED) is 0.343. The Labute approximate surface area is 202 Å². The third kappa shape index (κ3) is 3.90. The Morgan fingerprint density at radius 2 is 1.67 bits per heavy atom. The SMILES string of the molecule is Cc1cc([C@H]2[C@H](c3ccccn3)NC(=S)N2c2ccc(Cl)cc2)c(C)n1-c1ccc(F)cc1. The van der Waals surface area contributed by atoms with Crippen LogP contribution in [0.4, 0.5) is 10.1 Å². The molecule has 5 rings (SSSR count). The molecule has 33 heavy (non-hydrogen) atoms. The monoisotopic (exact) mass is 476 g/mol. The number of hydrogen-bond donors (Lipinski definition) is 1. The predicted molar refractivity (Wildman–Crippen MR) is 135 cm³/mol. The molecule has 166 valence electrons. The number of pyridine rings is 1. The molecule has 0 radical (unpaired) electrons. The molecular weight excluding hydrogens is 455 g/mol. The van der Waals surface area contributed by atoms with Crippen molar-refractivity contribution in [1.82, 2.24) is 14.9 Å². The minimum atomic E-state index is -0.254. The molecule has 1 aliphatic heterocycles. The first kappa shape index (κ1) is 21.6. The molecule has 4 nitrogen and oxygen atoms in total. The summed E-state index contributed by atoms with van der Waals surface area (Å²) < 4.78 is 15.7. The van der Waals surface area contributed by atoms with Crippen molar-refractivity contribution in [3.8, 4) is 5.69 Å². The van der Waals surface area contributed by atoms with Gasteiger partial charge in [0.25, 0.3) is 0 Å². The molecule has 3 heterocycles. The van der Waals surface area contributed by atoms with Crippen molar-refractivity contribution in [2.24, 2.45) is 0 Å². The van der Waals surface area contributed by atoms with Crippen molar-refractivity contribution in [2.75, 3.05) is 4.90 Å². The number of rotatable bonds is 4. The predicted octanol–water partition coefficient (Wildman–Crippen LogP) is 6.46. The van der Waals surface area contributed by atoms with Crippen molar-refractivity contribution >= 4 is 34.6 Å². The minimum Gasteiger partial charge on any atom is -0.351 e. The fraction of sp³-hybridized carbons (Fsp3) is 0.154. The Balaban J connectivity index is 1.67. The van der Waals surface area contributed by atoms with Gasteiger partial charge >= 0.3 is 0 Å². The first-order chi connectivity index (χ1) is 15.9. The highest BCUT2D eigenvalue weighted by molar-refractivity contribution is 7.80. The third-order valence-electron chi connectivity index (χ3n) is 6.08. The van der Waals surface area contributed by atoms with E-state index in [2.05, 4.69) is 39.7 Å². The van der Waals surface area contributed by atoms with Crippen LogP contribution in [0.5, 0.6) is 0 Å². The lowest BCUT2D eigenvalue weighted by Crippen LogP contribution is -2.29. The zero-order valence-corrected chi connectivity index (χ0v) is 19.7. The number of halogens is 2. The summed E-state index contributed by atoms with van der Waals surface area (Å²) in [5.74, 6) is -0.254. The van der Waals surface area contributed by atoms with Gasteiger partial charge in [-0.25, -0.2) is 4.39 Å². The van der Waals surface area contributed by atoms with E-state index < -0.39 is 0 Å². The molecule has 2 aromatic heterocycles. The Kier molecular flexibility index (Phi) is 5.64. The van der Waals surface area contributed by atoms with Gasteiger partial charge in [-0.2, -0.15) is 0 Å². The highest BCUT2D eigenvalue weighted by Crippen LogP contribution is 2.43. The van der Waals surface area contributed by atoms with E-state index in [0.29, 0.717) is 10.1 Å². The fourth-order valence-electron chi connectivity index (χ4n) is 4.63. The van der Waals surface area contributed by atoms with Crippen molar-refractivity contribution in [1.29, 1.82) is 0 Å². The molecule has 0 aliphatic carbocycles. The summed E-state index contributed by atoms with van der Waals surface area (Å²) in [7, 11) is 0. The van der Waals surface area contributed by atoms with Gasteiger partial charge in [0.15, 0.2) is 5.11 Å². The molecule has 0 bridgehead atoms. The maximum absolute atomic E-state index is 13.5. The molecule has 1 N–H and O–H groups in total. The average molecular weight is 477 g/mol. The maximum Gasteiger partial charge on any atom is 0.174 e. The second-order valence-corrected chi connectivity index (χ2v) is 8.93. The number of thiocarbonyl (C=S) groups is 1. The molecule has 1 aliphatic rings. The van der Waals surface area contributed by atoms with Gasteiger partial charge in [0.2, 0.25) is 0 Å². The Hall–Kier alpha value is -3.22. The molecule has 0 spiro atoms. The minimum absolute atomic E-state index is 0.131. The van der Waals surface area contributed by atoms with Crippen LogP contribution < -0.4 is 10.2 Å². The summed E-state index contributed by atoms with van der Waals surface area (Å²) >= 11 is 12.0. The van der Waals surface area contributed by atoms with Gasteiger partial charge in [-0.1, -0.05) is 17.7 Å². The van der Waals surface area contributed by atoms with Crippen molar-refractivity contribution < 1.29 is 4.39 Å². The Morgan fingerprint density at radius 3 is 2.33 bits per heavy atom. The smallest absolute Gasteiger partial charge is 0.174 e. The van der Waals surface area contributed by atoms with Crippen LogP contribution in [0.2, 0.25) is 5.02 Å². The fourth-order valence-corrected chi connectivity index (χ4v) is 5.10. The lowest BCUT2D eigenvalue weighted by Gasteiger charge is -2.28. The number of aromatic nitrogens is 2. The van der Waals surface area contributed by atoms with Crippen molar-refractivity contribution in [2.45, 2.75) is 25.9 Å². The lowest BCUT2D eigenvalue weighted by molar-refractivity contribution is 0.565. The first-order valence-corrected chi connectivity index (χ1v) is 11.4. The van der Waals surface area contributed by atoms with Gasteiger partial charge in [0, 0.05) is 34.0 Å². The average Bonchev–Trinajstić information content (AvgIpc) is 3.31. The highest BCUT2D eigenvalue weighted by atomic mass is 35.5. The summed E-state index contributed by atoms with van der Waals surface area (Å²) in [5.41, 5.74) is 6.02. The van der Waals surface area contributed by atoms with Crippen molar-refractivity contribution in [3.05, 3.63) is 112 Å². The summed E-state index contributed by atoms with van der Waals surface area (Å²) in [6.45, 7) is 4.14. The van der Waals surface area contributed by atoms with E-state index in [4.69, 9.17) is 23.8 Å². The highest BCUT2D eigenvalue weighted by Gasteiger charge is 2.42. The number of anilines is 1. The zero-order valence-electron chi connectivity index (χ0n) is 18.2. The number of aryl methyl sites for hydroxylation is 1. The van der Waals surface area contributed by atoms with Gasteiger partial charge in [0.05, 0.1) is 17.8 Å². The largest absolute Gasteiger partial charge is 0.351 e. The molecule has 1 saturated heterocycles. The number of nitrogens with zero attached hydrogens (tertiary/aromatic N) is 3. The molecule has 0 amide bonds.